The third-order valence-corrected chi connectivity index (χ3v) is 2.83. The van der Waals surface area contributed by atoms with Gasteiger partial charge in [0.25, 0.3) is 0 Å². The van der Waals surface area contributed by atoms with Gasteiger partial charge in [0.2, 0.25) is 11.8 Å². The van der Waals surface area contributed by atoms with E-state index in [0.29, 0.717) is 18.8 Å². The number of allylic oxidation sites excluding steroid dienone is 1. The van der Waals surface area contributed by atoms with Crippen LogP contribution in [0, 0.1) is 17.8 Å². The normalized spacial score (nSPS) is 14.8. The first-order valence-corrected chi connectivity index (χ1v) is 6.80. The van der Waals surface area contributed by atoms with Crippen molar-refractivity contribution in [3.8, 4) is 0 Å². The van der Waals surface area contributed by atoms with Gasteiger partial charge in [0.1, 0.15) is 0 Å². The molecule has 0 heterocycles. The van der Waals surface area contributed by atoms with Crippen LogP contribution in [-0.2, 0) is 9.59 Å². The van der Waals surface area contributed by atoms with Crippen LogP contribution in [-0.4, -0.2) is 17.4 Å². The van der Waals surface area contributed by atoms with E-state index in [1.807, 2.05) is 34.6 Å². The number of hydrogen-bond donors (Lipinski definition) is 2. The molecule has 110 valence electrons. The summed E-state index contributed by atoms with van der Waals surface area (Å²) in [6.07, 6.45) is 2.72. The van der Waals surface area contributed by atoms with Crippen LogP contribution in [0.1, 0.15) is 47.5 Å². The Morgan fingerprint density at radius 2 is 1.79 bits per heavy atom. The van der Waals surface area contributed by atoms with Crippen molar-refractivity contribution in [2.75, 3.05) is 0 Å². The molecule has 0 aliphatic carbocycles. The summed E-state index contributed by atoms with van der Waals surface area (Å²) in [4.78, 5) is 23.9. The number of amides is 2. The van der Waals surface area contributed by atoms with Gasteiger partial charge in [-0.05, 0) is 39.5 Å². The van der Waals surface area contributed by atoms with E-state index in [1.54, 1.807) is 6.08 Å². The zero-order valence-electron chi connectivity index (χ0n) is 12.8. The van der Waals surface area contributed by atoms with E-state index < -0.39 is 17.7 Å². The molecule has 0 rings (SSSR count). The van der Waals surface area contributed by atoms with E-state index in [-0.39, 0.29) is 11.4 Å². The topological polar surface area (TPSA) is 72.2 Å². The van der Waals surface area contributed by atoms with Gasteiger partial charge < -0.3 is 11.1 Å². The number of carbonyl (C=O) groups is 2. The molecule has 0 aromatic carbocycles. The highest BCUT2D eigenvalue weighted by Crippen LogP contribution is 2.25. The predicted octanol–water partition coefficient (Wildman–Crippen LogP) is 2.24. The second kappa shape index (κ2) is 7.31. The summed E-state index contributed by atoms with van der Waals surface area (Å²) < 4.78 is 0. The number of rotatable bonds is 7. The largest absolute Gasteiger partial charge is 0.369 e. The summed E-state index contributed by atoms with van der Waals surface area (Å²) >= 11 is 0. The molecule has 2 amide bonds. The van der Waals surface area contributed by atoms with Gasteiger partial charge in [-0.25, -0.2) is 0 Å². The third kappa shape index (κ3) is 6.99. The van der Waals surface area contributed by atoms with Gasteiger partial charge in [0.05, 0.1) is 11.8 Å². The molecule has 19 heavy (non-hydrogen) atoms. The molecule has 4 nitrogen and oxygen atoms in total. The Balaban J connectivity index is 5.11. The van der Waals surface area contributed by atoms with E-state index in [0.717, 1.165) is 0 Å². The quantitative estimate of drug-likeness (QED) is 0.695. The van der Waals surface area contributed by atoms with Crippen molar-refractivity contribution in [2.24, 2.45) is 23.5 Å². The summed E-state index contributed by atoms with van der Waals surface area (Å²) in [6.45, 7) is 13.5. The van der Waals surface area contributed by atoms with Crippen molar-refractivity contribution in [1.29, 1.82) is 0 Å². The maximum atomic E-state index is 12.4. The fourth-order valence-electron chi connectivity index (χ4n) is 2.08. The monoisotopic (exact) mass is 268 g/mol. The molecular weight excluding hydrogens is 240 g/mol. The lowest BCUT2D eigenvalue weighted by Crippen LogP contribution is -2.47. The molecule has 2 unspecified atom stereocenters. The molecule has 0 aromatic rings. The summed E-state index contributed by atoms with van der Waals surface area (Å²) in [5, 5.41) is 2.94. The number of nitrogens with two attached hydrogens (primary N) is 1. The summed E-state index contributed by atoms with van der Waals surface area (Å²) in [6, 6.07) is 0. The van der Waals surface area contributed by atoms with Crippen molar-refractivity contribution in [1.82, 2.24) is 5.32 Å². The third-order valence-electron chi connectivity index (χ3n) is 2.83. The summed E-state index contributed by atoms with van der Waals surface area (Å²) in [5.74, 6) is -1.10. The van der Waals surface area contributed by atoms with Gasteiger partial charge in [-0.3, -0.25) is 9.59 Å². The van der Waals surface area contributed by atoms with Crippen LogP contribution in [0.3, 0.4) is 0 Å². The minimum atomic E-state index is -0.484. The zero-order valence-corrected chi connectivity index (χ0v) is 12.8. The molecule has 4 heteroatoms. The highest BCUT2D eigenvalue weighted by molar-refractivity contribution is 5.87. The van der Waals surface area contributed by atoms with Crippen molar-refractivity contribution in [2.45, 2.75) is 53.0 Å². The van der Waals surface area contributed by atoms with Gasteiger partial charge in [0.15, 0.2) is 0 Å². The second-order valence-electron chi connectivity index (χ2n) is 6.51. The van der Waals surface area contributed by atoms with Crippen LogP contribution >= 0.6 is 0 Å². The van der Waals surface area contributed by atoms with Gasteiger partial charge in [-0.1, -0.05) is 19.9 Å². The summed E-state index contributed by atoms with van der Waals surface area (Å²) in [7, 11) is 0. The first-order chi connectivity index (χ1) is 8.58. The Kier molecular flexibility index (Phi) is 6.81. The molecule has 0 saturated heterocycles. The van der Waals surface area contributed by atoms with Crippen LogP contribution in [0.4, 0.5) is 0 Å². The molecule has 3 N–H and O–H groups in total. The fraction of sp³-hybridized carbons (Fsp3) is 0.733. The van der Waals surface area contributed by atoms with E-state index in [1.165, 1.54) is 0 Å². The molecule has 0 aliphatic rings. The highest BCUT2D eigenvalue weighted by Gasteiger charge is 2.33. The molecule has 0 spiro atoms. The Morgan fingerprint density at radius 1 is 1.26 bits per heavy atom. The summed E-state index contributed by atoms with van der Waals surface area (Å²) in [5.41, 5.74) is 5.12. The van der Waals surface area contributed by atoms with Crippen molar-refractivity contribution in [3.63, 3.8) is 0 Å². The van der Waals surface area contributed by atoms with Crippen LogP contribution < -0.4 is 11.1 Å². The van der Waals surface area contributed by atoms with Crippen molar-refractivity contribution in [3.05, 3.63) is 12.7 Å². The van der Waals surface area contributed by atoms with Crippen LogP contribution in [0.25, 0.3) is 0 Å². The minimum absolute atomic E-state index is 0.105. The van der Waals surface area contributed by atoms with Crippen molar-refractivity contribution >= 4 is 11.8 Å². The molecule has 0 saturated carbocycles. The predicted molar refractivity (Wildman–Crippen MR) is 78.3 cm³/mol. The van der Waals surface area contributed by atoms with Crippen LogP contribution in [0.15, 0.2) is 12.7 Å². The zero-order chi connectivity index (χ0) is 15.2. The van der Waals surface area contributed by atoms with Gasteiger partial charge in [0, 0.05) is 5.54 Å². The number of hydrogen-bond acceptors (Lipinski definition) is 2. The van der Waals surface area contributed by atoms with Gasteiger partial charge in [-0.2, -0.15) is 0 Å². The fourth-order valence-corrected chi connectivity index (χ4v) is 2.08. The average molecular weight is 268 g/mol. The Bertz CT molecular complexity index is 330. The molecule has 0 radical (unpaired) electrons. The molecular formula is C15H28N2O2. The van der Waals surface area contributed by atoms with Gasteiger partial charge in [-0.15, -0.1) is 6.58 Å². The van der Waals surface area contributed by atoms with Crippen molar-refractivity contribution < 1.29 is 9.59 Å². The SMILES string of the molecule is C=CCC(C(N)=O)C(CC(C)C)C(=O)NC(C)(C)C. The molecule has 0 fully saturated rings. The number of carbonyl (C=O) groups excluding carboxylic acids is 2. The Labute approximate surface area is 116 Å². The maximum absolute atomic E-state index is 12.4. The van der Waals surface area contributed by atoms with E-state index in [9.17, 15) is 9.59 Å². The van der Waals surface area contributed by atoms with Crippen LogP contribution in [0.5, 0.6) is 0 Å². The Hall–Kier alpha value is -1.32. The lowest BCUT2D eigenvalue weighted by atomic mass is 9.81. The Morgan fingerprint density at radius 3 is 2.11 bits per heavy atom. The smallest absolute Gasteiger partial charge is 0.224 e. The maximum Gasteiger partial charge on any atom is 0.224 e. The van der Waals surface area contributed by atoms with E-state index in [2.05, 4.69) is 11.9 Å². The molecule has 2 atom stereocenters. The van der Waals surface area contributed by atoms with Crippen LogP contribution in [0.2, 0.25) is 0 Å². The first kappa shape index (κ1) is 17.7. The molecule has 0 aliphatic heterocycles. The number of nitrogens with one attached hydrogen (secondary N) is 1. The second-order valence-corrected chi connectivity index (χ2v) is 6.51. The minimum Gasteiger partial charge on any atom is -0.369 e. The first-order valence-electron chi connectivity index (χ1n) is 6.80. The molecule has 0 aromatic heterocycles. The number of primary amides is 1. The highest BCUT2D eigenvalue weighted by atomic mass is 16.2. The lowest BCUT2D eigenvalue weighted by molar-refractivity contribution is -0.134. The average Bonchev–Trinajstić information content (AvgIpc) is 2.19. The van der Waals surface area contributed by atoms with E-state index in [4.69, 9.17) is 5.73 Å². The lowest BCUT2D eigenvalue weighted by Gasteiger charge is -2.29. The van der Waals surface area contributed by atoms with E-state index >= 15 is 0 Å². The molecule has 0 bridgehead atoms. The standard InChI is InChI=1S/C15H28N2O2/c1-7-8-11(13(16)18)12(9-10(2)3)14(19)17-15(4,5)6/h7,10-12H,1,8-9H2,2-6H3,(H2,16,18)(H,17,19). The van der Waals surface area contributed by atoms with Gasteiger partial charge >= 0.3 is 0 Å².